The molecule has 0 fully saturated rings. The predicted octanol–water partition coefficient (Wildman–Crippen LogP) is 3.26. The lowest BCUT2D eigenvalue weighted by molar-refractivity contribution is 0.0926. The third kappa shape index (κ3) is 3.77. The van der Waals surface area contributed by atoms with Crippen LogP contribution in [0.5, 0.6) is 0 Å². The van der Waals surface area contributed by atoms with Gasteiger partial charge in [0.2, 0.25) is 0 Å². The molecule has 1 rings (SSSR count). The van der Waals surface area contributed by atoms with Crippen LogP contribution in [-0.2, 0) is 0 Å². The number of alkyl halides is 1. The second kappa shape index (κ2) is 6.69. The molecule has 1 amide bonds. The van der Waals surface area contributed by atoms with Gasteiger partial charge in [-0.3, -0.25) is 4.79 Å². The first-order valence-electron chi connectivity index (χ1n) is 5.41. The smallest absolute Gasteiger partial charge is 0.257 e. The van der Waals surface area contributed by atoms with Gasteiger partial charge in [-0.2, -0.15) is 0 Å². The molecule has 0 radical (unpaired) electrons. The van der Waals surface area contributed by atoms with Gasteiger partial charge in [0, 0.05) is 11.4 Å². The van der Waals surface area contributed by atoms with Crippen LogP contribution in [0.1, 0.15) is 30.1 Å². The fraction of sp³-hybridized carbons (Fsp3) is 0.417. The summed E-state index contributed by atoms with van der Waals surface area (Å²) in [6, 6.07) is 3.30. The van der Waals surface area contributed by atoms with Gasteiger partial charge >= 0.3 is 0 Å². The number of carbonyl (C=O) groups is 1. The summed E-state index contributed by atoms with van der Waals surface area (Å²) < 4.78 is 26.7. The van der Waals surface area contributed by atoms with E-state index in [4.69, 9.17) is 0 Å². The summed E-state index contributed by atoms with van der Waals surface area (Å²) in [6.07, 6.45) is 1.44. The highest BCUT2D eigenvalue weighted by Gasteiger charge is 2.19. The fourth-order valence-corrected chi connectivity index (χ4v) is 2.04. The molecule has 1 aromatic carbocycles. The van der Waals surface area contributed by atoms with E-state index >= 15 is 0 Å². The van der Waals surface area contributed by atoms with Gasteiger partial charge in [0.05, 0.1) is 0 Å². The average Bonchev–Trinajstić information content (AvgIpc) is 2.28. The SMILES string of the molecule is CCC(CCBr)NC(=O)c1c(F)cccc1F. The number of hydrogen-bond acceptors (Lipinski definition) is 1. The van der Waals surface area contributed by atoms with Gasteiger partial charge in [-0.25, -0.2) is 8.78 Å². The van der Waals surface area contributed by atoms with E-state index in [1.165, 1.54) is 6.07 Å². The summed E-state index contributed by atoms with van der Waals surface area (Å²) in [5.41, 5.74) is -0.513. The first-order chi connectivity index (χ1) is 8.10. The van der Waals surface area contributed by atoms with Crippen LogP contribution in [-0.4, -0.2) is 17.3 Å². The Kier molecular flexibility index (Phi) is 5.55. The third-order valence-electron chi connectivity index (χ3n) is 2.48. The van der Waals surface area contributed by atoms with Crippen LogP contribution in [0, 0.1) is 11.6 Å². The molecule has 0 bridgehead atoms. The lowest BCUT2D eigenvalue weighted by Crippen LogP contribution is -2.35. The molecule has 0 aliphatic rings. The maximum Gasteiger partial charge on any atom is 0.257 e. The van der Waals surface area contributed by atoms with Crippen LogP contribution in [0.3, 0.4) is 0 Å². The quantitative estimate of drug-likeness (QED) is 0.831. The molecule has 94 valence electrons. The highest BCUT2D eigenvalue weighted by atomic mass is 79.9. The Labute approximate surface area is 108 Å². The Bertz CT molecular complexity index is 378. The normalized spacial score (nSPS) is 12.2. The monoisotopic (exact) mass is 305 g/mol. The van der Waals surface area contributed by atoms with Crippen molar-refractivity contribution in [1.82, 2.24) is 5.32 Å². The molecule has 2 nitrogen and oxygen atoms in total. The maximum atomic E-state index is 13.3. The van der Waals surface area contributed by atoms with Gasteiger partial charge in [0.1, 0.15) is 17.2 Å². The Morgan fingerprint density at radius 3 is 2.47 bits per heavy atom. The Hall–Kier alpha value is -0.970. The minimum absolute atomic E-state index is 0.0825. The summed E-state index contributed by atoms with van der Waals surface area (Å²) in [6.45, 7) is 1.91. The molecule has 0 saturated carbocycles. The van der Waals surface area contributed by atoms with Gasteiger partial charge in [-0.1, -0.05) is 28.9 Å². The Morgan fingerprint density at radius 2 is 2.00 bits per heavy atom. The van der Waals surface area contributed by atoms with Gasteiger partial charge in [-0.15, -0.1) is 0 Å². The number of hydrogen-bond donors (Lipinski definition) is 1. The van der Waals surface area contributed by atoms with Crippen LogP contribution >= 0.6 is 15.9 Å². The number of benzene rings is 1. The molecule has 0 heterocycles. The van der Waals surface area contributed by atoms with E-state index < -0.39 is 23.1 Å². The number of nitrogens with one attached hydrogen (secondary N) is 1. The van der Waals surface area contributed by atoms with E-state index in [1.807, 2.05) is 6.92 Å². The van der Waals surface area contributed by atoms with Gasteiger partial charge in [0.15, 0.2) is 0 Å². The van der Waals surface area contributed by atoms with E-state index in [0.29, 0.717) is 6.42 Å². The Balaban J connectivity index is 2.82. The van der Waals surface area contributed by atoms with Crippen LogP contribution < -0.4 is 5.32 Å². The van der Waals surface area contributed by atoms with Crippen molar-refractivity contribution in [3.63, 3.8) is 0 Å². The van der Waals surface area contributed by atoms with Crippen molar-refractivity contribution in [2.45, 2.75) is 25.8 Å². The number of halogens is 3. The van der Waals surface area contributed by atoms with Gasteiger partial charge in [-0.05, 0) is 25.0 Å². The second-order valence-electron chi connectivity index (χ2n) is 3.65. The lowest BCUT2D eigenvalue weighted by atomic mass is 10.1. The van der Waals surface area contributed by atoms with Gasteiger partial charge in [0.25, 0.3) is 5.91 Å². The van der Waals surface area contributed by atoms with E-state index in [1.54, 1.807) is 0 Å². The number of amides is 1. The van der Waals surface area contributed by atoms with Crippen molar-refractivity contribution in [2.75, 3.05) is 5.33 Å². The molecular formula is C12H14BrF2NO. The van der Waals surface area contributed by atoms with Gasteiger partial charge < -0.3 is 5.32 Å². The molecule has 1 aromatic rings. The number of carbonyl (C=O) groups excluding carboxylic acids is 1. The predicted molar refractivity (Wildman–Crippen MR) is 66.3 cm³/mol. The first-order valence-corrected chi connectivity index (χ1v) is 6.53. The second-order valence-corrected chi connectivity index (χ2v) is 4.45. The third-order valence-corrected chi connectivity index (χ3v) is 2.93. The fourth-order valence-electron chi connectivity index (χ4n) is 1.48. The van der Waals surface area contributed by atoms with Crippen LogP contribution in [0.25, 0.3) is 0 Å². The van der Waals surface area contributed by atoms with E-state index in [-0.39, 0.29) is 6.04 Å². The average molecular weight is 306 g/mol. The minimum Gasteiger partial charge on any atom is -0.349 e. The molecule has 0 aliphatic heterocycles. The Morgan fingerprint density at radius 1 is 1.41 bits per heavy atom. The maximum absolute atomic E-state index is 13.3. The first kappa shape index (κ1) is 14.1. The molecule has 17 heavy (non-hydrogen) atoms. The highest BCUT2D eigenvalue weighted by molar-refractivity contribution is 9.09. The van der Waals surface area contributed by atoms with E-state index in [2.05, 4.69) is 21.2 Å². The van der Waals surface area contributed by atoms with Crippen molar-refractivity contribution in [1.29, 1.82) is 0 Å². The molecule has 5 heteroatoms. The molecular weight excluding hydrogens is 292 g/mol. The van der Waals surface area contributed by atoms with Crippen molar-refractivity contribution in [2.24, 2.45) is 0 Å². The standard InChI is InChI=1S/C12H14BrF2NO/c1-2-8(6-7-13)16-12(17)11-9(14)4-3-5-10(11)15/h3-5,8H,2,6-7H2,1H3,(H,16,17). The largest absolute Gasteiger partial charge is 0.349 e. The molecule has 0 aliphatic carbocycles. The minimum atomic E-state index is -0.837. The molecule has 1 atom stereocenters. The summed E-state index contributed by atoms with van der Waals surface area (Å²) in [5, 5.41) is 3.34. The molecule has 1 unspecified atom stereocenters. The van der Waals surface area contributed by atoms with Crippen LogP contribution in [0.15, 0.2) is 18.2 Å². The van der Waals surface area contributed by atoms with Crippen molar-refractivity contribution >= 4 is 21.8 Å². The van der Waals surface area contributed by atoms with Crippen LogP contribution in [0.2, 0.25) is 0 Å². The lowest BCUT2D eigenvalue weighted by Gasteiger charge is -2.16. The zero-order valence-electron chi connectivity index (χ0n) is 9.47. The van der Waals surface area contributed by atoms with E-state index in [9.17, 15) is 13.6 Å². The summed E-state index contributed by atoms with van der Waals surface area (Å²) in [7, 11) is 0. The van der Waals surface area contributed by atoms with Crippen molar-refractivity contribution < 1.29 is 13.6 Å². The molecule has 1 N–H and O–H groups in total. The summed E-state index contributed by atoms with van der Waals surface area (Å²) in [5.74, 6) is -2.37. The topological polar surface area (TPSA) is 29.1 Å². The number of rotatable bonds is 5. The zero-order chi connectivity index (χ0) is 12.8. The zero-order valence-corrected chi connectivity index (χ0v) is 11.1. The van der Waals surface area contributed by atoms with Crippen molar-refractivity contribution in [3.05, 3.63) is 35.4 Å². The van der Waals surface area contributed by atoms with E-state index in [0.717, 1.165) is 23.9 Å². The highest BCUT2D eigenvalue weighted by Crippen LogP contribution is 2.12. The molecule has 0 spiro atoms. The summed E-state index contributed by atoms with van der Waals surface area (Å²) >= 11 is 3.27. The molecule has 0 saturated heterocycles. The molecule has 0 aromatic heterocycles. The summed E-state index contributed by atoms with van der Waals surface area (Å²) in [4.78, 5) is 11.7. The van der Waals surface area contributed by atoms with Crippen LogP contribution in [0.4, 0.5) is 8.78 Å². The van der Waals surface area contributed by atoms with Crippen molar-refractivity contribution in [3.8, 4) is 0 Å².